The van der Waals surface area contributed by atoms with E-state index in [9.17, 15) is 4.79 Å². The Bertz CT molecular complexity index is 764. The fourth-order valence-corrected chi connectivity index (χ4v) is 4.44. The molecule has 0 saturated carbocycles. The monoisotopic (exact) mass is 397 g/mol. The molecule has 144 valence electrons. The topological polar surface area (TPSA) is 60.4 Å². The van der Waals surface area contributed by atoms with Gasteiger partial charge in [-0.3, -0.25) is 9.20 Å². The SMILES string of the molecule is CCCCCc1nc2c(Cl)cc(Cl)cn2c1C(CCC)(CCC)C(N)=O. The molecule has 1 amide bonds. The molecular weight excluding hydrogens is 369 g/mol. The van der Waals surface area contributed by atoms with Crippen LogP contribution in [0.2, 0.25) is 10.0 Å². The van der Waals surface area contributed by atoms with Crippen LogP contribution in [-0.4, -0.2) is 15.3 Å². The molecule has 0 atom stereocenters. The van der Waals surface area contributed by atoms with E-state index in [2.05, 4.69) is 20.8 Å². The minimum absolute atomic E-state index is 0.296. The molecule has 2 aromatic rings. The number of primary amides is 1. The smallest absolute Gasteiger partial charge is 0.229 e. The molecule has 2 rings (SSSR count). The van der Waals surface area contributed by atoms with E-state index in [4.69, 9.17) is 33.9 Å². The number of nitrogens with zero attached hydrogens (tertiary/aromatic N) is 2. The van der Waals surface area contributed by atoms with Gasteiger partial charge in [0.25, 0.3) is 0 Å². The van der Waals surface area contributed by atoms with E-state index < -0.39 is 5.41 Å². The maximum atomic E-state index is 12.7. The molecule has 0 unspecified atom stereocenters. The lowest BCUT2D eigenvalue weighted by Gasteiger charge is -2.31. The van der Waals surface area contributed by atoms with Gasteiger partial charge in [0, 0.05) is 6.20 Å². The number of halogens is 2. The molecule has 0 fully saturated rings. The zero-order valence-corrected chi connectivity index (χ0v) is 17.5. The summed E-state index contributed by atoms with van der Waals surface area (Å²) in [5.41, 5.74) is 7.68. The Hall–Kier alpha value is -1.26. The van der Waals surface area contributed by atoms with Crippen molar-refractivity contribution in [2.75, 3.05) is 0 Å². The number of fused-ring (bicyclic) bond motifs is 1. The van der Waals surface area contributed by atoms with E-state index in [0.717, 1.165) is 49.9 Å². The van der Waals surface area contributed by atoms with Crippen molar-refractivity contribution < 1.29 is 4.79 Å². The average Bonchev–Trinajstić information content (AvgIpc) is 2.93. The number of aryl methyl sites for hydroxylation is 1. The van der Waals surface area contributed by atoms with Crippen LogP contribution in [0.1, 0.15) is 77.1 Å². The lowest BCUT2D eigenvalue weighted by atomic mass is 9.74. The summed E-state index contributed by atoms with van der Waals surface area (Å²) in [6.07, 6.45) is 8.97. The van der Waals surface area contributed by atoms with Gasteiger partial charge in [-0.2, -0.15) is 0 Å². The molecule has 2 N–H and O–H groups in total. The van der Waals surface area contributed by atoms with Gasteiger partial charge in [-0.25, -0.2) is 4.98 Å². The molecule has 0 bridgehead atoms. The van der Waals surface area contributed by atoms with Crippen molar-refractivity contribution in [2.45, 2.75) is 77.6 Å². The lowest BCUT2D eigenvalue weighted by Crippen LogP contribution is -2.43. The van der Waals surface area contributed by atoms with Gasteiger partial charge in [-0.05, 0) is 31.7 Å². The number of pyridine rings is 1. The van der Waals surface area contributed by atoms with Crippen LogP contribution in [0.3, 0.4) is 0 Å². The summed E-state index contributed by atoms with van der Waals surface area (Å²) in [6, 6.07) is 1.69. The molecule has 26 heavy (non-hydrogen) atoms. The number of amides is 1. The highest BCUT2D eigenvalue weighted by Crippen LogP contribution is 2.39. The molecule has 0 radical (unpaired) electrons. The van der Waals surface area contributed by atoms with Gasteiger partial charge in [0.15, 0.2) is 5.65 Å². The molecule has 0 aliphatic rings. The third-order valence-corrected chi connectivity index (χ3v) is 5.49. The number of hydrogen-bond donors (Lipinski definition) is 1. The Morgan fingerprint density at radius 1 is 1.15 bits per heavy atom. The fourth-order valence-electron chi connectivity index (χ4n) is 3.92. The van der Waals surface area contributed by atoms with Crippen molar-refractivity contribution in [1.82, 2.24) is 9.38 Å². The Morgan fingerprint density at radius 2 is 1.81 bits per heavy atom. The largest absolute Gasteiger partial charge is 0.369 e. The zero-order valence-electron chi connectivity index (χ0n) is 15.9. The molecule has 6 heteroatoms. The molecular formula is C20H29Cl2N3O. The van der Waals surface area contributed by atoms with Crippen molar-refractivity contribution in [3.63, 3.8) is 0 Å². The first-order chi connectivity index (χ1) is 12.4. The third-order valence-electron chi connectivity index (χ3n) is 5.01. The first kappa shape index (κ1) is 21.0. The van der Waals surface area contributed by atoms with E-state index >= 15 is 0 Å². The predicted molar refractivity (Wildman–Crippen MR) is 109 cm³/mol. The number of imidazole rings is 1. The van der Waals surface area contributed by atoms with Gasteiger partial charge in [0.1, 0.15) is 0 Å². The van der Waals surface area contributed by atoms with Gasteiger partial charge in [0.2, 0.25) is 5.91 Å². The molecule has 2 heterocycles. The number of rotatable bonds is 10. The van der Waals surface area contributed by atoms with Gasteiger partial charge in [-0.15, -0.1) is 0 Å². The lowest BCUT2D eigenvalue weighted by molar-refractivity contribution is -0.124. The molecule has 4 nitrogen and oxygen atoms in total. The van der Waals surface area contributed by atoms with E-state index in [1.54, 1.807) is 12.3 Å². The number of hydrogen-bond acceptors (Lipinski definition) is 2. The summed E-state index contributed by atoms with van der Waals surface area (Å²) in [5, 5.41) is 1.01. The average molecular weight is 398 g/mol. The minimum Gasteiger partial charge on any atom is -0.369 e. The normalized spacial score (nSPS) is 12.0. The second kappa shape index (κ2) is 9.09. The Labute approximate surface area is 166 Å². The standard InChI is InChI=1S/C20H29Cl2N3O/c1-4-7-8-9-16-17(20(10-5-2,11-6-3)19(23)26)25-13-14(21)12-15(22)18(25)24-16/h12-13H,4-11H2,1-3H3,(H2,23,26). The van der Waals surface area contributed by atoms with Crippen LogP contribution in [0.15, 0.2) is 12.3 Å². The number of carbonyl (C=O) groups is 1. The zero-order chi connectivity index (χ0) is 19.3. The van der Waals surface area contributed by atoms with Gasteiger partial charge in [0.05, 0.1) is 26.8 Å². The highest BCUT2D eigenvalue weighted by atomic mass is 35.5. The summed E-state index contributed by atoms with van der Waals surface area (Å²) in [5.74, 6) is -0.296. The molecule has 0 aliphatic heterocycles. The van der Waals surface area contributed by atoms with Crippen molar-refractivity contribution in [1.29, 1.82) is 0 Å². The van der Waals surface area contributed by atoms with Crippen LogP contribution in [0, 0.1) is 0 Å². The van der Waals surface area contributed by atoms with Crippen LogP contribution in [0.4, 0.5) is 0 Å². The van der Waals surface area contributed by atoms with Gasteiger partial charge in [-0.1, -0.05) is 69.7 Å². The van der Waals surface area contributed by atoms with E-state index in [1.165, 1.54) is 0 Å². The number of unbranched alkanes of at least 4 members (excludes halogenated alkanes) is 2. The van der Waals surface area contributed by atoms with E-state index in [0.29, 0.717) is 28.5 Å². The van der Waals surface area contributed by atoms with Crippen LogP contribution in [0.25, 0.3) is 5.65 Å². The molecule has 2 aromatic heterocycles. The predicted octanol–water partition coefficient (Wildman–Crippen LogP) is 5.70. The number of aromatic nitrogens is 2. The maximum absolute atomic E-state index is 12.7. The summed E-state index contributed by atoms with van der Waals surface area (Å²) in [4.78, 5) is 17.5. The highest BCUT2D eigenvalue weighted by Gasteiger charge is 2.41. The molecule has 0 spiro atoms. The third kappa shape index (κ3) is 4.01. The molecule has 0 saturated heterocycles. The number of nitrogens with two attached hydrogens (primary N) is 1. The second-order valence-corrected chi connectivity index (χ2v) is 7.85. The first-order valence-electron chi connectivity index (χ1n) is 9.57. The minimum atomic E-state index is -0.752. The number of carbonyl (C=O) groups excluding carboxylic acids is 1. The summed E-state index contributed by atoms with van der Waals surface area (Å²) >= 11 is 12.7. The van der Waals surface area contributed by atoms with Crippen molar-refractivity contribution in [2.24, 2.45) is 5.73 Å². The summed E-state index contributed by atoms with van der Waals surface area (Å²) in [6.45, 7) is 6.32. The van der Waals surface area contributed by atoms with Crippen molar-refractivity contribution in [3.05, 3.63) is 33.7 Å². The highest BCUT2D eigenvalue weighted by molar-refractivity contribution is 6.36. The van der Waals surface area contributed by atoms with E-state index in [1.807, 2.05) is 4.40 Å². The quantitative estimate of drug-likeness (QED) is 0.522. The van der Waals surface area contributed by atoms with E-state index in [-0.39, 0.29) is 5.91 Å². The first-order valence-corrected chi connectivity index (χ1v) is 10.3. The summed E-state index contributed by atoms with van der Waals surface area (Å²) < 4.78 is 1.90. The van der Waals surface area contributed by atoms with Gasteiger partial charge >= 0.3 is 0 Å². The fraction of sp³-hybridized carbons (Fsp3) is 0.600. The maximum Gasteiger partial charge on any atom is 0.229 e. The molecule has 0 aliphatic carbocycles. The van der Waals surface area contributed by atoms with Crippen LogP contribution in [-0.2, 0) is 16.6 Å². The Balaban J connectivity index is 2.77. The summed E-state index contributed by atoms with van der Waals surface area (Å²) in [7, 11) is 0. The van der Waals surface area contributed by atoms with Crippen LogP contribution >= 0.6 is 23.2 Å². The second-order valence-electron chi connectivity index (χ2n) is 7.01. The van der Waals surface area contributed by atoms with Crippen LogP contribution in [0.5, 0.6) is 0 Å². The Morgan fingerprint density at radius 3 is 2.35 bits per heavy atom. The Kier molecular flexibility index (Phi) is 7.36. The van der Waals surface area contributed by atoms with Crippen molar-refractivity contribution in [3.8, 4) is 0 Å². The van der Waals surface area contributed by atoms with Crippen molar-refractivity contribution >= 4 is 34.8 Å². The van der Waals surface area contributed by atoms with Crippen LogP contribution < -0.4 is 5.73 Å². The molecule has 0 aromatic carbocycles. The van der Waals surface area contributed by atoms with Gasteiger partial charge < -0.3 is 5.73 Å².